The van der Waals surface area contributed by atoms with E-state index < -0.39 is 0 Å². The Hall–Kier alpha value is -1.57. The average Bonchev–Trinajstić information content (AvgIpc) is 2.84. The molecule has 2 rings (SSSR count). The van der Waals surface area contributed by atoms with Crippen LogP contribution in [0.1, 0.15) is 22.4 Å². The van der Waals surface area contributed by atoms with E-state index in [-0.39, 0.29) is 0 Å². The molecule has 18 heavy (non-hydrogen) atoms. The molecule has 1 N–H and O–H groups in total. The lowest BCUT2D eigenvalue weighted by molar-refractivity contribution is 1.09. The number of aryl methyl sites for hydroxylation is 1. The van der Waals surface area contributed by atoms with Crippen LogP contribution in [0.15, 0.2) is 24.4 Å². The second-order valence-corrected chi connectivity index (χ2v) is 5.34. The van der Waals surface area contributed by atoms with E-state index in [1.165, 1.54) is 4.88 Å². The minimum atomic E-state index is 0.468. The maximum atomic E-state index is 8.78. The predicted octanol–water partition coefficient (Wildman–Crippen LogP) is 3.84. The molecule has 0 spiro atoms. The second kappa shape index (κ2) is 5.85. The number of anilines is 1. The first-order chi connectivity index (χ1) is 8.72. The number of nitrogens with zero attached hydrogens (tertiary/aromatic N) is 2. The van der Waals surface area contributed by atoms with Gasteiger partial charge in [0.05, 0.1) is 17.1 Å². The summed E-state index contributed by atoms with van der Waals surface area (Å²) in [6.07, 6.45) is 2.92. The predicted molar refractivity (Wildman–Crippen MR) is 75.0 cm³/mol. The molecular weight excluding hydrogens is 266 g/mol. The van der Waals surface area contributed by atoms with Crippen molar-refractivity contribution in [3.8, 4) is 6.07 Å². The van der Waals surface area contributed by atoms with Crippen molar-refractivity contribution >= 4 is 28.6 Å². The molecule has 0 saturated carbocycles. The summed E-state index contributed by atoms with van der Waals surface area (Å²) in [5, 5.41) is 13.5. The second-order valence-electron chi connectivity index (χ2n) is 3.73. The van der Waals surface area contributed by atoms with Gasteiger partial charge in [0, 0.05) is 16.8 Å². The minimum absolute atomic E-state index is 0.468. The fourth-order valence-electron chi connectivity index (χ4n) is 1.49. The maximum Gasteiger partial charge on any atom is 0.112 e. The average molecular weight is 278 g/mol. The first kappa shape index (κ1) is 12.9. The Morgan fingerprint density at radius 3 is 2.94 bits per heavy atom. The van der Waals surface area contributed by atoms with Crippen molar-refractivity contribution < 1.29 is 0 Å². The highest BCUT2D eigenvalue weighted by Crippen LogP contribution is 2.21. The standard InChI is InChI=1S/C13H12ClN3S/c1-2-11-7-17-13(18-11)8-16-10-4-3-9(6-15)12(14)5-10/h3-5,7,16H,2,8H2,1H3. The quantitative estimate of drug-likeness (QED) is 0.924. The van der Waals surface area contributed by atoms with Gasteiger partial charge in [-0.3, -0.25) is 0 Å². The summed E-state index contributed by atoms with van der Waals surface area (Å²) in [6.45, 7) is 2.79. The van der Waals surface area contributed by atoms with Gasteiger partial charge in [0.15, 0.2) is 0 Å². The monoisotopic (exact) mass is 277 g/mol. The highest BCUT2D eigenvalue weighted by Gasteiger charge is 2.03. The van der Waals surface area contributed by atoms with Gasteiger partial charge in [-0.05, 0) is 24.6 Å². The highest BCUT2D eigenvalue weighted by molar-refractivity contribution is 7.11. The van der Waals surface area contributed by atoms with E-state index in [9.17, 15) is 0 Å². The van der Waals surface area contributed by atoms with Gasteiger partial charge in [-0.2, -0.15) is 5.26 Å². The first-order valence-corrected chi connectivity index (χ1v) is 6.79. The molecule has 0 bridgehead atoms. The molecule has 0 fully saturated rings. The Bertz CT molecular complexity index is 586. The molecule has 0 saturated heterocycles. The number of aromatic nitrogens is 1. The van der Waals surface area contributed by atoms with Crippen molar-refractivity contribution in [2.24, 2.45) is 0 Å². The van der Waals surface area contributed by atoms with Gasteiger partial charge in [0.1, 0.15) is 11.1 Å². The van der Waals surface area contributed by atoms with Crippen LogP contribution in [-0.4, -0.2) is 4.98 Å². The van der Waals surface area contributed by atoms with Gasteiger partial charge in [-0.15, -0.1) is 11.3 Å². The number of nitrogens with one attached hydrogen (secondary N) is 1. The molecule has 5 heteroatoms. The van der Waals surface area contributed by atoms with Crippen LogP contribution in [0.4, 0.5) is 5.69 Å². The summed E-state index contributed by atoms with van der Waals surface area (Å²) in [7, 11) is 0. The Morgan fingerprint density at radius 1 is 1.50 bits per heavy atom. The van der Waals surface area contributed by atoms with Gasteiger partial charge < -0.3 is 5.32 Å². The van der Waals surface area contributed by atoms with Crippen LogP contribution in [0.3, 0.4) is 0 Å². The third-order valence-electron chi connectivity index (χ3n) is 2.48. The molecular formula is C13H12ClN3S. The van der Waals surface area contributed by atoms with Crippen LogP contribution in [0.25, 0.3) is 0 Å². The zero-order chi connectivity index (χ0) is 13.0. The largest absolute Gasteiger partial charge is 0.378 e. The van der Waals surface area contributed by atoms with Crippen LogP contribution in [0.5, 0.6) is 0 Å². The number of hydrogen-bond acceptors (Lipinski definition) is 4. The molecule has 0 aliphatic carbocycles. The molecule has 0 amide bonds. The third kappa shape index (κ3) is 3.00. The molecule has 1 aromatic heterocycles. The van der Waals surface area contributed by atoms with E-state index >= 15 is 0 Å². The van der Waals surface area contributed by atoms with E-state index in [2.05, 4.69) is 17.2 Å². The third-order valence-corrected chi connectivity index (χ3v) is 3.94. The summed E-state index contributed by atoms with van der Waals surface area (Å²) in [6, 6.07) is 7.35. The molecule has 1 aromatic carbocycles. The summed E-state index contributed by atoms with van der Waals surface area (Å²) >= 11 is 7.67. The van der Waals surface area contributed by atoms with Crippen molar-refractivity contribution in [2.75, 3.05) is 5.32 Å². The maximum absolute atomic E-state index is 8.78. The van der Waals surface area contributed by atoms with Crippen molar-refractivity contribution in [2.45, 2.75) is 19.9 Å². The van der Waals surface area contributed by atoms with Crippen molar-refractivity contribution in [1.82, 2.24) is 4.98 Å². The number of benzene rings is 1. The smallest absolute Gasteiger partial charge is 0.112 e. The van der Waals surface area contributed by atoms with Gasteiger partial charge in [0.25, 0.3) is 0 Å². The van der Waals surface area contributed by atoms with Crippen LogP contribution in [0, 0.1) is 11.3 Å². The van der Waals surface area contributed by atoms with Gasteiger partial charge >= 0.3 is 0 Å². The molecule has 3 nitrogen and oxygen atoms in total. The molecule has 92 valence electrons. The summed E-state index contributed by atoms with van der Waals surface area (Å²) in [5.41, 5.74) is 1.39. The van der Waals surface area contributed by atoms with Crippen molar-refractivity contribution in [1.29, 1.82) is 5.26 Å². The SMILES string of the molecule is CCc1cnc(CNc2ccc(C#N)c(Cl)c2)s1. The van der Waals surface area contributed by atoms with E-state index in [1.54, 1.807) is 23.5 Å². The topological polar surface area (TPSA) is 48.7 Å². The lowest BCUT2D eigenvalue weighted by atomic mass is 10.2. The minimum Gasteiger partial charge on any atom is -0.378 e. The fraction of sp³-hybridized carbons (Fsp3) is 0.231. The Kier molecular flexibility index (Phi) is 4.19. The van der Waals surface area contributed by atoms with Crippen LogP contribution in [-0.2, 0) is 13.0 Å². The van der Waals surface area contributed by atoms with E-state index in [0.29, 0.717) is 17.1 Å². The molecule has 0 radical (unpaired) electrons. The summed E-state index contributed by atoms with van der Waals surface area (Å²) in [4.78, 5) is 5.61. The number of hydrogen-bond donors (Lipinski definition) is 1. The van der Waals surface area contributed by atoms with Crippen LogP contribution < -0.4 is 5.32 Å². The fourth-order valence-corrected chi connectivity index (χ4v) is 2.51. The number of nitriles is 1. The number of thiazole rings is 1. The van der Waals surface area contributed by atoms with Gasteiger partial charge in [-0.25, -0.2) is 4.98 Å². The molecule has 0 atom stereocenters. The molecule has 0 unspecified atom stereocenters. The van der Waals surface area contributed by atoms with Gasteiger partial charge in [-0.1, -0.05) is 18.5 Å². The van der Waals surface area contributed by atoms with Gasteiger partial charge in [0.2, 0.25) is 0 Å². The summed E-state index contributed by atoms with van der Waals surface area (Å²) in [5.74, 6) is 0. The Morgan fingerprint density at radius 2 is 2.33 bits per heavy atom. The van der Waals surface area contributed by atoms with Crippen molar-refractivity contribution in [3.63, 3.8) is 0 Å². The molecule has 2 aromatic rings. The Balaban J connectivity index is 2.02. The lowest BCUT2D eigenvalue weighted by Gasteiger charge is -2.05. The summed E-state index contributed by atoms with van der Waals surface area (Å²) < 4.78 is 0. The number of rotatable bonds is 4. The van der Waals surface area contributed by atoms with E-state index in [1.807, 2.05) is 18.3 Å². The highest BCUT2D eigenvalue weighted by atomic mass is 35.5. The number of halogens is 1. The lowest BCUT2D eigenvalue weighted by Crippen LogP contribution is -1.98. The Labute approximate surface area is 115 Å². The van der Waals surface area contributed by atoms with Crippen LogP contribution >= 0.6 is 22.9 Å². The van der Waals surface area contributed by atoms with E-state index in [0.717, 1.165) is 17.1 Å². The first-order valence-electron chi connectivity index (χ1n) is 5.60. The molecule has 1 heterocycles. The normalized spacial score (nSPS) is 10.1. The van der Waals surface area contributed by atoms with Crippen molar-refractivity contribution in [3.05, 3.63) is 44.9 Å². The molecule has 0 aliphatic heterocycles. The zero-order valence-electron chi connectivity index (χ0n) is 9.90. The van der Waals surface area contributed by atoms with E-state index in [4.69, 9.17) is 16.9 Å². The zero-order valence-corrected chi connectivity index (χ0v) is 11.5. The molecule has 0 aliphatic rings. The van der Waals surface area contributed by atoms with Crippen LogP contribution in [0.2, 0.25) is 5.02 Å².